The third kappa shape index (κ3) is 3.77. The molecule has 35 heavy (non-hydrogen) atoms. The summed E-state index contributed by atoms with van der Waals surface area (Å²) in [5.41, 5.74) is 1.43. The smallest absolute Gasteiger partial charge is 0.379 e. The summed E-state index contributed by atoms with van der Waals surface area (Å²) in [4.78, 5) is 25.0. The molecule has 0 N–H and O–H groups in total. The van der Waals surface area contributed by atoms with Crippen LogP contribution in [0, 0.1) is 0 Å². The van der Waals surface area contributed by atoms with Crippen LogP contribution in [0.2, 0.25) is 0 Å². The molecule has 7 nitrogen and oxygen atoms in total. The summed E-state index contributed by atoms with van der Waals surface area (Å²) in [5.74, 6) is 0.710. The fourth-order valence-corrected chi connectivity index (χ4v) is 4.39. The zero-order valence-electron chi connectivity index (χ0n) is 18.2. The zero-order valence-corrected chi connectivity index (χ0v) is 19.7. The van der Waals surface area contributed by atoms with E-state index in [0.29, 0.717) is 39.2 Å². The van der Waals surface area contributed by atoms with Crippen molar-refractivity contribution in [2.75, 3.05) is 7.11 Å². The first kappa shape index (κ1) is 21.2. The second-order valence-corrected chi connectivity index (χ2v) is 8.72. The second-order valence-electron chi connectivity index (χ2n) is 7.81. The van der Waals surface area contributed by atoms with Crippen molar-refractivity contribution in [2.24, 2.45) is 0 Å². The van der Waals surface area contributed by atoms with E-state index in [1.807, 2.05) is 30.3 Å². The van der Waals surface area contributed by atoms with E-state index in [0.717, 1.165) is 15.2 Å². The van der Waals surface area contributed by atoms with Gasteiger partial charge in [-0.3, -0.25) is 0 Å². The highest BCUT2D eigenvalue weighted by molar-refractivity contribution is 9.10. The van der Waals surface area contributed by atoms with Crippen molar-refractivity contribution >= 4 is 54.8 Å². The summed E-state index contributed by atoms with van der Waals surface area (Å²) in [6.07, 6.45) is 0. The lowest BCUT2D eigenvalue weighted by Gasteiger charge is -2.06. The maximum atomic E-state index is 12.8. The minimum atomic E-state index is -0.649. The summed E-state index contributed by atoms with van der Waals surface area (Å²) >= 11 is 3.40. The van der Waals surface area contributed by atoms with Crippen molar-refractivity contribution in [1.29, 1.82) is 0 Å². The number of rotatable bonds is 4. The molecule has 0 aliphatic rings. The minimum absolute atomic E-state index is 0.0717. The highest BCUT2D eigenvalue weighted by Gasteiger charge is 2.18. The van der Waals surface area contributed by atoms with Crippen LogP contribution in [0.5, 0.6) is 11.5 Å². The van der Waals surface area contributed by atoms with Crippen LogP contribution in [0.15, 0.2) is 95.3 Å². The average molecular weight is 531 g/mol. The number of hydrogen-bond donors (Lipinski definition) is 0. The number of methoxy groups -OCH3 is 1. The topological polar surface area (TPSA) is 92.0 Å². The van der Waals surface area contributed by atoms with Crippen molar-refractivity contribution in [3.8, 4) is 22.8 Å². The lowest BCUT2D eigenvalue weighted by molar-refractivity contribution is 0.0704. The Morgan fingerprint density at radius 1 is 0.857 bits per heavy atom. The molecule has 172 valence electrons. The molecular formula is C27H15BrO7. The third-order valence-corrected chi connectivity index (χ3v) is 6.09. The van der Waals surface area contributed by atoms with Crippen LogP contribution >= 0.6 is 15.9 Å². The number of para-hydroxylation sites is 1. The Balaban J connectivity index is 1.41. The number of esters is 1. The van der Waals surface area contributed by atoms with Gasteiger partial charge in [-0.05, 0) is 54.6 Å². The molecular weight excluding hydrogens is 516 g/mol. The monoisotopic (exact) mass is 530 g/mol. The lowest BCUT2D eigenvalue weighted by atomic mass is 10.1. The molecule has 8 heteroatoms. The average Bonchev–Trinajstić information content (AvgIpc) is 3.47. The summed E-state index contributed by atoms with van der Waals surface area (Å²) in [6.45, 7) is 0. The number of furan rings is 2. The second kappa shape index (κ2) is 8.18. The Bertz CT molecular complexity index is 1820. The van der Waals surface area contributed by atoms with E-state index in [9.17, 15) is 9.59 Å². The molecule has 0 fully saturated rings. The van der Waals surface area contributed by atoms with E-state index >= 15 is 0 Å². The normalized spacial score (nSPS) is 11.4. The van der Waals surface area contributed by atoms with Crippen LogP contribution in [0.3, 0.4) is 0 Å². The number of hydrogen-bond acceptors (Lipinski definition) is 7. The fourth-order valence-electron chi connectivity index (χ4n) is 4.01. The molecule has 0 unspecified atom stereocenters. The Morgan fingerprint density at radius 2 is 1.71 bits per heavy atom. The van der Waals surface area contributed by atoms with Gasteiger partial charge < -0.3 is 22.7 Å². The van der Waals surface area contributed by atoms with Crippen LogP contribution in [0.25, 0.3) is 44.2 Å². The molecule has 0 atom stereocenters. The standard InChI is InChI=1S/C27H15BrO7/c1-31-22-4-2-3-14-10-23(35-26(14)22)19-13-25(29)34-21-8-6-17(12-18(19)21)32-27(30)24-11-15-9-16(28)5-7-20(15)33-24/h2-13H,1H3. The Morgan fingerprint density at radius 3 is 2.57 bits per heavy atom. The quantitative estimate of drug-likeness (QED) is 0.138. The number of ether oxygens (including phenoxy) is 2. The van der Waals surface area contributed by atoms with Crippen molar-refractivity contribution in [3.05, 3.63) is 93.4 Å². The third-order valence-electron chi connectivity index (χ3n) is 5.60. The number of fused-ring (bicyclic) bond motifs is 3. The Hall–Kier alpha value is -4.30. The van der Waals surface area contributed by atoms with Gasteiger partial charge in [0.05, 0.1) is 7.11 Å². The Labute approximate surface area is 205 Å². The maximum absolute atomic E-state index is 12.8. The highest BCUT2D eigenvalue weighted by Crippen LogP contribution is 2.37. The van der Waals surface area contributed by atoms with Crippen LogP contribution in [-0.2, 0) is 0 Å². The predicted molar refractivity (Wildman–Crippen MR) is 133 cm³/mol. The molecule has 0 aliphatic carbocycles. The molecule has 3 aromatic carbocycles. The van der Waals surface area contributed by atoms with Crippen molar-refractivity contribution in [1.82, 2.24) is 0 Å². The maximum Gasteiger partial charge on any atom is 0.379 e. The zero-order chi connectivity index (χ0) is 24.1. The van der Waals surface area contributed by atoms with Gasteiger partial charge in [-0.2, -0.15) is 0 Å². The first-order valence-corrected chi connectivity index (χ1v) is 11.3. The largest absolute Gasteiger partial charge is 0.493 e. The van der Waals surface area contributed by atoms with Crippen molar-refractivity contribution in [2.45, 2.75) is 0 Å². The van der Waals surface area contributed by atoms with Crippen molar-refractivity contribution < 1.29 is 27.5 Å². The van der Waals surface area contributed by atoms with E-state index in [1.54, 1.807) is 43.5 Å². The summed E-state index contributed by atoms with van der Waals surface area (Å²) in [6, 6.07) is 20.5. The molecule has 6 rings (SSSR count). The van der Waals surface area contributed by atoms with Gasteiger partial charge in [0, 0.05) is 32.3 Å². The highest BCUT2D eigenvalue weighted by atomic mass is 79.9. The van der Waals surface area contributed by atoms with Crippen LogP contribution in [0.4, 0.5) is 0 Å². The van der Waals surface area contributed by atoms with Gasteiger partial charge >= 0.3 is 11.6 Å². The molecule has 3 heterocycles. The van der Waals surface area contributed by atoms with Crippen LogP contribution in [-0.4, -0.2) is 13.1 Å². The van der Waals surface area contributed by atoms with Gasteiger partial charge in [0.15, 0.2) is 11.3 Å². The van der Waals surface area contributed by atoms with Gasteiger partial charge in [-0.1, -0.05) is 28.1 Å². The summed E-state index contributed by atoms with van der Waals surface area (Å²) in [5, 5.41) is 2.13. The molecule has 0 saturated heterocycles. The summed E-state index contributed by atoms with van der Waals surface area (Å²) < 4.78 is 28.8. The molecule has 0 bridgehead atoms. The van der Waals surface area contributed by atoms with Crippen molar-refractivity contribution in [3.63, 3.8) is 0 Å². The molecule has 6 aromatic rings. The number of carbonyl (C=O) groups is 1. The van der Waals surface area contributed by atoms with E-state index in [1.165, 1.54) is 6.07 Å². The van der Waals surface area contributed by atoms with E-state index in [-0.39, 0.29) is 11.5 Å². The first-order valence-electron chi connectivity index (χ1n) is 10.5. The van der Waals surface area contributed by atoms with Gasteiger partial charge in [-0.25, -0.2) is 9.59 Å². The molecule has 0 radical (unpaired) electrons. The molecule has 0 saturated carbocycles. The minimum Gasteiger partial charge on any atom is -0.493 e. The fraction of sp³-hybridized carbons (Fsp3) is 0.0370. The molecule has 0 spiro atoms. The first-order chi connectivity index (χ1) is 17.0. The number of halogens is 1. The molecule has 3 aromatic heterocycles. The molecule has 0 amide bonds. The van der Waals surface area contributed by atoms with Gasteiger partial charge in [0.1, 0.15) is 22.7 Å². The van der Waals surface area contributed by atoms with Crippen LogP contribution in [0.1, 0.15) is 10.6 Å². The lowest BCUT2D eigenvalue weighted by Crippen LogP contribution is -2.07. The van der Waals surface area contributed by atoms with Gasteiger partial charge in [0.25, 0.3) is 0 Å². The molecule has 0 aliphatic heterocycles. The number of benzene rings is 3. The van der Waals surface area contributed by atoms with Crippen LogP contribution < -0.4 is 15.1 Å². The van der Waals surface area contributed by atoms with Gasteiger partial charge in [0.2, 0.25) is 5.76 Å². The predicted octanol–water partition coefficient (Wildman–Crippen LogP) is 6.94. The Kier molecular flexibility index (Phi) is 4.96. The van der Waals surface area contributed by atoms with E-state index < -0.39 is 11.6 Å². The summed E-state index contributed by atoms with van der Waals surface area (Å²) in [7, 11) is 1.56. The van der Waals surface area contributed by atoms with E-state index in [2.05, 4.69) is 15.9 Å². The van der Waals surface area contributed by atoms with E-state index in [4.69, 9.17) is 22.7 Å². The van der Waals surface area contributed by atoms with Gasteiger partial charge in [-0.15, -0.1) is 0 Å². The SMILES string of the molecule is COc1cccc2cc(-c3cc(=O)oc4ccc(OC(=O)c5cc6cc(Br)ccc6o5)cc34)oc12. The number of carbonyl (C=O) groups excluding carboxylic acids is 1.